The number of benzene rings is 1. The van der Waals surface area contributed by atoms with Crippen LogP contribution in [0.25, 0.3) is 0 Å². The standard InChI is InChI=1S/C18H25BrN2O2/c1-18(2,3)23-17(22)21-10-8-20(9-11-21)14-6-7-16(19)15(12-14)13-4-5-13/h6-7,12-13H,4-5,8-11H2,1-3H3/i8D2,9D2,10D2,11D2. The van der Waals surface area contributed by atoms with Crippen LogP contribution in [0.3, 0.4) is 0 Å². The lowest BCUT2D eigenvalue weighted by Crippen LogP contribution is -2.50. The molecule has 126 valence electrons. The highest BCUT2D eigenvalue weighted by molar-refractivity contribution is 9.10. The number of hydrogen-bond donors (Lipinski definition) is 0. The van der Waals surface area contributed by atoms with Crippen LogP contribution in [0.5, 0.6) is 0 Å². The summed E-state index contributed by atoms with van der Waals surface area (Å²) in [6.45, 7) is -8.31. The van der Waals surface area contributed by atoms with Crippen LogP contribution < -0.4 is 4.90 Å². The fourth-order valence-electron chi connectivity index (χ4n) is 2.16. The monoisotopic (exact) mass is 388 g/mol. The summed E-state index contributed by atoms with van der Waals surface area (Å²) in [7, 11) is 0. The number of nitrogens with zero attached hydrogens (tertiary/aromatic N) is 2. The fraction of sp³-hybridized carbons (Fsp3) is 0.611. The summed E-state index contributed by atoms with van der Waals surface area (Å²) in [5.74, 6) is 0.225. The summed E-state index contributed by atoms with van der Waals surface area (Å²) in [4.78, 5) is 13.1. The van der Waals surface area contributed by atoms with Crippen molar-refractivity contribution in [1.29, 1.82) is 0 Å². The molecule has 1 amide bonds. The fourth-order valence-corrected chi connectivity index (χ4v) is 2.73. The van der Waals surface area contributed by atoms with E-state index in [2.05, 4.69) is 15.9 Å². The first-order valence-corrected chi connectivity index (χ1v) is 8.28. The highest BCUT2D eigenvalue weighted by atomic mass is 79.9. The van der Waals surface area contributed by atoms with Gasteiger partial charge in [0, 0.05) is 36.1 Å². The number of hydrogen-bond acceptors (Lipinski definition) is 3. The Bertz CT molecular complexity index is 871. The topological polar surface area (TPSA) is 32.8 Å². The van der Waals surface area contributed by atoms with E-state index in [1.807, 2.05) is 0 Å². The van der Waals surface area contributed by atoms with Gasteiger partial charge in [0.15, 0.2) is 0 Å². The molecule has 0 unspecified atom stereocenters. The van der Waals surface area contributed by atoms with Crippen molar-refractivity contribution in [3.05, 3.63) is 28.2 Å². The van der Waals surface area contributed by atoms with Crippen LogP contribution >= 0.6 is 15.9 Å². The van der Waals surface area contributed by atoms with Crippen molar-refractivity contribution in [2.75, 3.05) is 30.9 Å². The first-order chi connectivity index (χ1) is 13.9. The molecule has 0 N–H and O–H groups in total. The molecule has 3 rings (SSSR count). The molecule has 1 heterocycles. The van der Waals surface area contributed by atoms with Gasteiger partial charge in [-0.25, -0.2) is 4.79 Å². The summed E-state index contributed by atoms with van der Waals surface area (Å²) in [6, 6.07) is 4.56. The summed E-state index contributed by atoms with van der Waals surface area (Å²) in [6.07, 6.45) is 0.371. The van der Waals surface area contributed by atoms with Gasteiger partial charge in [0.1, 0.15) is 5.60 Å². The number of halogens is 1. The SMILES string of the molecule is [2H]C1([2H])N(C(=O)OC(C)(C)C)C([2H])([2H])C([2H])([2H])N(c2ccc(Br)c(C3CC3)c2)C1([2H])[2H]. The highest BCUT2D eigenvalue weighted by Gasteiger charge is 2.28. The zero-order chi connectivity index (χ0) is 23.8. The Morgan fingerprint density at radius 3 is 2.48 bits per heavy atom. The molecule has 23 heavy (non-hydrogen) atoms. The third kappa shape index (κ3) is 4.19. The summed E-state index contributed by atoms with van der Waals surface area (Å²) >= 11 is 3.43. The Hall–Kier alpha value is -1.23. The lowest BCUT2D eigenvalue weighted by atomic mass is 10.1. The molecule has 0 radical (unpaired) electrons. The molecule has 4 nitrogen and oxygen atoms in total. The van der Waals surface area contributed by atoms with Gasteiger partial charge in [-0.1, -0.05) is 15.9 Å². The number of piperazine rings is 1. The van der Waals surface area contributed by atoms with Gasteiger partial charge in [-0.15, -0.1) is 0 Å². The van der Waals surface area contributed by atoms with E-state index in [9.17, 15) is 4.79 Å². The van der Waals surface area contributed by atoms with Gasteiger partial charge in [-0.3, -0.25) is 0 Å². The second kappa shape index (κ2) is 6.34. The average Bonchev–Trinajstić information content (AvgIpc) is 3.37. The van der Waals surface area contributed by atoms with Crippen LogP contribution in [0.4, 0.5) is 10.5 Å². The largest absolute Gasteiger partial charge is 0.444 e. The third-order valence-corrected chi connectivity index (χ3v) is 4.10. The van der Waals surface area contributed by atoms with Crippen LogP contribution in [-0.4, -0.2) is 42.6 Å². The van der Waals surface area contributed by atoms with Crippen molar-refractivity contribution in [3.63, 3.8) is 0 Å². The molecule has 1 saturated heterocycles. The van der Waals surface area contributed by atoms with Crippen LogP contribution in [0, 0.1) is 0 Å². The second-order valence-electron chi connectivity index (χ2n) is 6.58. The first kappa shape index (κ1) is 9.30. The Balaban J connectivity index is 2.17. The minimum Gasteiger partial charge on any atom is -0.444 e. The molecule has 0 atom stereocenters. The van der Waals surface area contributed by atoms with Crippen LogP contribution in [-0.2, 0) is 4.74 Å². The van der Waals surface area contributed by atoms with E-state index in [1.165, 1.54) is 26.8 Å². The van der Waals surface area contributed by atoms with Gasteiger partial charge in [0.05, 0.1) is 11.0 Å². The maximum Gasteiger partial charge on any atom is 0.410 e. The summed E-state index contributed by atoms with van der Waals surface area (Å²) in [5, 5.41) is 0. The lowest BCUT2D eigenvalue weighted by Gasteiger charge is -2.37. The number of carbonyl (C=O) groups is 1. The molecule has 0 aromatic heterocycles. The molecule has 5 heteroatoms. The minimum absolute atomic E-state index is 0.0170. The van der Waals surface area contributed by atoms with E-state index in [-0.39, 0.29) is 16.5 Å². The van der Waals surface area contributed by atoms with Gasteiger partial charge in [-0.2, -0.15) is 0 Å². The minimum atomic E-state index is -3.27. The van der Waals surface area contributed by atoms with Crippen LogP contribution in [0.2, 0.25) is 0 Å². The number of amides is 1. The summed E-state index contributed by atoms with van der Waals surface area (Å²) < 4.78 is 73.4. The van der Waals surface area contributed by atoms with E-state index < -0.39 is 37.7 Å². The Morgan fingerprint density at radius 1 is 1.26 bits per heavy atom. The van der Waals surface area contributed by atoms with Gasteiger partial charge in [0.2, 0.25) is 0 Å². The van der Waals surface area contributed by atoms with E-state index in [0.29, 0.717) is 4.90 Å². The molecule has 1 aromatic rings. The van der Waals surface area contributed by atoms with Crippen molar-refractivity contribution in [1.82, 2.24) is 4.90 Å². The number of ether oxygens (including phenoxy) is 1. The van der Waals surface area contributed by atoms with E-state index in [0.717, 1.165) is 22.9 Å². The third-order valence-electron chi connectivity index (χ3n) is 3.38. The Labute approximate surface area is 158 Å². The maximum absolute atomic E-state index is 12.7. The lowest BCUT2D eigenvalue weighted by molar-refractivity contribution is 0.0240. The second-order valence-corrected chi connectivity index (χ2v) is 7.43. The molecular formula is C18H25BrN2O2. The highest BCUT2D eigenvalue weighted by Crippen LogP contribution is 2.44. The molecule has 2 fully saturated rings. The summed E-state index contributed by atoms with van der Waals surface area (Å²) in [5.41, 5.74) is -0.318. The number of anilines is 1. The van der Waals surface area contributed by atoms with Crippen molar-refractivity contribution in [3.8, 4) is 0 Å². The predicted molar refractivity (Wildman–Crippen MR) is 96.1 cm³/mol. The molecule has 0 spiro atoms. The first-order valence-electron chi connectivity index (χ1n) is 11.5. The normalized spacial score (nSPS) is 32.9. The Kier molecular flexibility index (Phi) is 2.57. The van der Waals surface area contributed by atoms with E-state index in [1.54, 1.807) is 12.1 Å². The molecule has 1 aliphatic carbocycles. The van der Waals surface area contributed by atoms with Crippen LogP contribution in [0.15, 0.2) is 22.7 Å². The molecule has 0 bridgehead atoms. The molecule has 1 saturated carbocycles. The molecule has 1 aliphatic heterocycles. The van der Waals surface area contributed by atoms with Crippen LogP contribution in [0.1, 0.15) is 56.1 Å². The number of rotatable bonds is 2. The smallest absolute Gasteiger partial charge is 0.410 e. The quantitative estimate of drug-likeness (QED) is 0.753. The van der Waals surface area contributed by atoms with E-state index in [4.69, 9.17) is 15.7 Å². The zero-order valence-corrected chi connectivity index (χ0v) is 14.9. The van der Waals surface area contributed by atoms with E-state index >= 15 is 0 Å². The molecule has 1 aromatic carbocycles. The van der Waals surface area contributed by atoms with Crippen molar-refractivity contribution < 1.29 is 20.5 Å². The molecular weight excluding hydrogens is 356 g/mol. The van der Waals surface area contributed by atoms with Gasteiger partial charge < -0.3 is 14.5 Å². The van der Waals surface area contributed by atoms with Gasteiger partial charge >= 0.3 is 6.09 Å². The maximum atomic E-state index is 12.7. The average molecular weight is 389 g/mol. The Morgan fingerprint density at radius 2 is 1.91 bits per heavy atom. The van der Waals surface area contributed by atoms with Crippen molar-refractivity contribution in [2.24, 2.45) is 0 Å². The number of carbonyl (C=O) groups excluding carboxylic acids is 1. The van der Waals surface area contributed by atoms with Crippen molar-refractivity contribution >= 4 is 27.7 Å². The van der Waals surface area contributed by atoms with Crippen molar-refractivity contribution in [2.45, 2.75) is 45.1 Å². The zero-order valence-electron chi connectivity index (χ0n) is 21.3. The predicted octanol–water partition coefficient (Wildman–Crippen LogP) is 4.38. The van der Waals surface area contributed by atoms with Gasteiger partial charge in [-0.05, 0) is 63.3 Å². The van der Waals surface area contributed by atoms with Gasteiger partial charge in [0.25, 0.3) is 0 Å². The molecule has 2 aliphatic rings.